The molecule has 0 saturated carbocycles. The molecular weight excluding hydrogens is 266 g/mol. The first kappa shape index (κ1) is 14.1. The van der Waals surface area contributed by atoms with Crippen molar-refractivity contribution in [2.24, 2.45) is 5.41 Å². The topological polar surface area (TPSA) is 58.2 Å². The number of pyridine rings is 1. The largest absolute Gasteiger partial charge is 0.374 e. The summed E-state index contributed by atoms with van der Waals surface area (Å²) in [4.78, 5) is 22.1. The SMILES string of the molecule is CC(C)(C)[C@@H]1CN(C(=O)c2c[nH]c3cccnc23)CCO1. The highest BCUT2D eigenvalue weighted by atomic mass is 16.5. The number of nitrogens with one attached hydrogen (secondary N) is 1. The van der Waals surface area contributed by atoms with Gasteiger partial charge in [0.25, 0.3) is 5.91 Å². The molecule has 2 aromatic rings. The van der Waals surface area contributed by atoms with Crippen molar-refractivity contribution >= 4 is 16.9 Å². The van der Waals surface area contributed by atoms with Crippen LogP contribution in [0.5, 0.6) is 0 Å². The van der Waals surface area contributed by atoms with Crippen LogP contribution in [-0.4, -0.2) is 46.6 Å². The zero-order valence-electron chi connectivity index (χ0n) is 12.7. The Hall–Kier alpha value is -1.88. The second kappa shape index (κ2) is 5.15. The van der Waals surface area contributed by atoms with Gasteiger partial charge in [-0.25, -0.2) is 0 Å². The van der Waals surface area contributed by atoms with Crippen molar-refractivity contribution in [2.75, 3.05) is 19.7 Å². The van der Waals surface area contributed by atoms with Gasteiger partial charge in [-0.2, -0.15) is 0 Å². The van der Waals surface area contributed by atoms with E-state index in [1.54, 1.807) is 12.4 Å². The smallest absolute Gasteiger partial charge is 0.257 e. The molecule has 3 rings (SSSR count). The first-order chi connectivity index (χ1) is 9.97. The van der Waals surface area contributed by atoms with Crippen molar-refractivity contribution in [3.05, 3.63) is 30.1 Å². The van der Waals surface area contributed by atoms with Crippen molar-refractivity contribution < 1.29 is 9.53 Å². The standard InChI is InChI=1S/C16H21N3O2/c1-16(2,3)13-10-19(7-8-21-13)15(20)11-9-18-12-5-4-6-17-14(11)12/h4-6,9,13,18H,7-8,10H2,1-3H3/t13-/m0/s1. The number of hydrogen-bond acceptors (Lipinski definition) is 3. The fraction of sp³-hybridized carbons (Fsp3) is 0.500. The summed E-state index contributed by atoms with van der Waals surface area (Å²) in [6, 6.07) is 3.79. The predicted molar refractivity (Wildman–Crippen MR) is 81.2 cm³/mol. The molecule has 5 nitrogen and oxygen atoms in total. The third-order valence-electron chi connectivity index (χ3n) is 3.98. The highest BCUT2D eigenvalue weighted by molar-refractivity contribution is 6.05. The highest BCUT2D eigenvalue weighted by Crippen LogP contribution is 2.26. The molecule has 0 aliphatic carbocycles. The number of fused-ring (bicyclic) bond motifs is 1. The summed E-state index contributed by atoms with van der Waals surface area (Å²) in [5.74, 6) is 0.0255. The molecule has 112 valence electrons. The van der Waals surface area contributed by atoms with E-state index in [-0.39, 0.29) is 17.4 Å². The minimum atomic E-state index is 0.0252. The molecule has 0 radical (unpaired) electrons. The van der Waals surface area contributed by atoms with Crippen molar-refractivity contribution in [2.45, 2.75) is 26.9 Å². The zero-order valence-corrected chi connectivity index (χ0v) is 12.7. The maximum atomic E-state index is 12.8. The summed E-state index contributed by atoms with van der Waals surface area (Å²) in [6.07, 6.45) is 3.53. The summed E-state index contributed by atoms with van der Waals surface area (Å²) in [6.45, 7) is 8.26. The van der Waals surface area contributed by atoms with Crippen LogP contribution in [0.4, 0.5) is 0 Å². The van der Waals surface area contributed by atoms with E-state index in [0.717, 1.165) is 11.0 Å². The minimum Gasteiger partial charge on any atom is -0.374 e. The number of aromatic nitrogens is 2. The van der Waals surface area contributed by atoms with Gasteiger partial charge < -0.3 is 14.6 Å². The Morgan fingerprint density at radius 1 is 1.48 bits per heavy atom. The molecule has 1 N–H and O–H groups in total. The van der Waals surface area contributed by atoms with Gasteiger partial charge in [0.05, 0.1) is 23.8 Å². The lowest BCUT2D eigenvalue weighted by Crippen LogP contribution is -2.50. The molecule has 1 saturated heterocycles. The van der Waals surface area contributed by atoms with Gasteiger partial charge in [0.2, 0.25) is 0 Å². The summed E-state index contributed by atoms with van der Waals surface area (Å²) in [5, 5.41) is 0. The first-order valence-electron chi connectivity index (χ1n) is 7.30. The van der Waals surface area contributed by atoms with Crippen LogP contribution < -0.4 is 0 Å². The maximum Gasteiger partial charge on any atom is 0.257 e. The van der Waals surface area contributed by atoms with Gasteiger partial charge in [-0.15, -0.1) is 0 Å². The van der Waals surface area contributed by atoms with E-state index < -0.39 is 0 Å². The van der Waals surface area contributed by atoms with Crippen LogP contribution in [-0.2, 0) is 4.74 Å². The molecule has 3 heterocycles. The fourth-order valence-corrected chi connectivity index (χ4v) is 2.65. The predicted octanol–water partition coefficient (Wildman–Crippen LogP) is 2.45. The highest BCUT2D eigenvalue weighted by Gasteiger charge is 2.33. The van der Waals surface area contributed by atoms with Crippen LogP contribution in [0.2, 0.25) is 0 Å². The lowest BCUT2D eigenvalue weighted by atomic mass is 9.88. The van der Waals surface area contributed by atoms with Crippen molar-refractivity contribution in [1.29, 1.82) is 0 Å². The number of carbonyl (C=O) groups excluding carboxylic acids is 1. The zero-order chi connectivity index (χ0) is 15.0. The van der Waals surface area contributed by atoms with Gasteiger partial charge in [0.1, 0.15) is 5.52 Å². The first-order valence-corrected chi connectivity index (χ1v) is 7.30. The van der Waals surface area contributed by atoms with E-state index in [4.69, 9.17) is 4.74 Å². The van der Waals surface area contributed by atoms with Crippen LogP contribution in [0, 0.1) is 5.41 Å². The van der Waals surface area contributed by atoms with Crippen molar-refractivity contribution in [3.8, 4) is 0 Å². The number of nitrogens with zero attached hydrogens (tertiary/aromatic N) is 2. The molecule has 1 fully saturated rings. The molecule has 2 aromatic heterocycles. The quantitative estimate of drug-likeness (QED) is 0.876. The van der Waals surface area contributed by atoms with Crippen LogP contribution in [0.1, 0.15) is 31.1 Å². The van der Waals surface area contributed by atoms with E-state index in [2.05, 4.69) is 30.7 Å². The Balaban J connectivity index is 1.85. The summed E-state index contributed by atoms with van der Waals surface area (Å²) in [7, 11) is 0. The number of hydrogen-bond donors (Lipinski definition) is 1. The fourth-order valence-electron chi connectivity index (χ4n) is 2.65. The summed E-state index contributed by atoms with van der Waals surface area (Å²) in [5.41, 5.74) is 2.29. The lowest BCUT2D eigenvalue weighted by Gasteiger charge is -2.39. The average Bonchev–Trinajstić information content (AvgIpc) is 2.90. The molecule has 1 amide bonds. The Labute approximate surface area is 124 Å². The van der Waals surface area contributed by atoms with E-state index >= 15 is 0 Å². The van der Waals surface area contributed by atoms with Crippen LogP contribution in [0.25, 0.3) is 11.0 Å². The van der Waals surface area contributed by atoms with Gasteiger partial charge >= 0.3 is 0 Å². The molecule has 1 aliphatic heterocycles. The number of aromatic amines is 1. The number of amides is 1. The average molecular weight is 287 g/mol. The van der Waals surface area contributed by atoms with E-state index in [1.165, 1.54) is 0 Å². The molecule has 1 atom stereocenters. The van der Waals surface area contributed by atoms with Gasteiger partial charge in [-0.3, -0.25) is 9.78 Å². The van der Waals surface area contributed by atoms with Crippen LogP contribution in [0.3, 0.4) is 0 Å². The molecular formula is C16H21N3O2. The number of H-pyrrole nitrogens is 1. The molecule has 21 heavy (non-hydrogen) atoms. The maximum absolute atomic E-state index is 12.8. The molecule has 5 heteroatoms. The van der Waals surface area contributed by atoms with Gasteiger partial charge in [0, 0.05) is 25.5 Å². The normalized spacial score (nSPS) is 20.0. The number of carbonyl (C=O) groups is 1. The number of rotatable bonds is 1. The van der Waals surface area contributed by atoms with Crippen LogP contribution in [0.15, 0.2) is 24.5 Å². The third kappa shape index (κ3) is 2.65. The summed E-state index contributed by atoms with van der Waals surface area (Å²) >= 11 is 0. The third-order valence-corrected chi connectivity index (χ3v) is 3.98. The number of ether oxygens (including phenoxy) is 1. The Morgan fingerprint density at radius 3 is 3.05 bits per heavy atom. The van der Waals surface area contributed by atoms with Crippen molar-refractivity contribution in [3.63, 3.8) is 0 Å². The molecule has 0 bridgehead atoms. The molecule has 0 unspecified atom stereocenters. The van der Waals surface area contributed by atoms with E-state index in [9.17, 15) is 4.79 Å². The number of morpholine rings is 1. The second-order valence-corrected chi connectivity index (χ2v) is 6.58. The Kier molecular flexibility index (Phi) is 3.45. The van der Waals surface area contributed by atoms with E-state index in [0.29, 0.717) is 25.3 Å². The van der Waals surface area contributed by atoms with Gasteiger partial charge in [0.15, 0.2) is 0 Å². The van der Waals surface area contributed by atoms with Gasteiger partial charge in [-0.05, 0) is 17.5 Å². The monoisotopic (exact) mass is 287 g/mol. The lowest BCUT2D eigenvalue weighted by molar-refractivity contribution is -0.0706. The van der Waals surface area contributed by atoms with Crippen LogP contribution >= 0.6 is 0 Å². The molecule has 0 spiro atoms. The van der Waals surface area contributed by atoms with Gasteiger partial charge in [-0.1, -0.05) is 20.8 Å². The molecule has 0 aromatic carbocycles. The van der Waals surface area contributed by atoms with Crippen molar-refractivity contribution in [1.82, 2.24) is 14.9 Å². The second-order valence-electron chi connectivity index (χ2n) is 6.58. The Morgan fingerprint density at radius 2 is 2.29 bits per heavy atom. The molecule has 1 aliphatic rings. The minimum absolute atomic E-state index is 0.0252. The Bertz CT molecular complexity index is 657. The van der Waals surface area contributed by atoms with E-state index in [1.807, 2.05) is 17.0 Å². The summed E-state index contributed by atoms with van der Waals surface area (Å²) < 4.78 is 5.81.